The molecule has 0 aliphatic heterocycles. The molecule has 3 nitrogen and oxygen atoms in total. The molecule has 2 N–H and O–H groups in total. The highest BCUT2D eigenvalue weighted by Crippen LogP contribution is 2.46. The molecule has 0 saturated carbocycles. The molecule has 3 heteroatoms. The van der Waals surface area contributed by atoms with Gasteiger partial charge in [-0.25, -0.2) is 4.79 Å². The summed E-state index contributed by atoms with van der Waals surface area (Å²) in [7, 11) is 0. The van der Waals surface area contributed by atoms with Gasteiger partial charge in [-0.3, -0.25) is 0 Å². The van der Waals surface area contributed by atoms with E-state index in [0.717, 1.165) is 24.8 Å². The average Bonchev–Trinajstić information content (AvgIpc) is 2.47. The van der Waals surface area contributed by atoms with Crippen LogP contribution in [0, 0.1) is 5.41 Å². The van der Waals surface area contributed by atoms with E-state index >= 15 is 0 Å². The normalized spacial score (nSPS) is 16.8. The zero-order valence-electron chi connectivity index (χ0n) is 12.5. The van der Waals surface area contributed by atoms with E-state index in [9.17, 15) is 4.79 Å². The number of nitrogens with two attached hydrogens (primary N) is 1. The first-order valence-corrected chi connectivity index (χ1v) is 7.35. The molecular formula is C17H23NO2. The summed E-state index contributed by atoms with van der Waals surface area (Å²) in [5.41, 5.74) is 9.59. The molecule has 1 aliphatic carbocycles. The Bertz CT molecular complexity index is 542. The SMILES string of the molecule is CCOC(=O)C1=C(N)c2ccccc2CC1(CC)CC. The lowest BCUT2D eigenvalue weighted by atomic mass is 9.66. The van der Waals surface area contributed by atoms with Crippen LogP contribution in [0.2, 0.25) is 0 Å². The predicted molar refractivity (Wildman–Crippen MR) is 80.9 cm³/mol. The predicted octanol–water partition coefficient (Wildman–Crippen LogP) is 3.28. The van der Waals surface area contributed by atoms with Crippen molar-refractivity contribution in [3.63, 3.8) is 0 Å². The molecule has 2 rings (SSSR count). The lowest BCUT2D eigenvalue weighted by Gasteiger charge is -2.38. The average molecular weight is 273 g/mol. The molecule has 108 valence electrons. The summed E-state index contributed by atoms with van der Waals surface area (Å²) < 4.78 is 5.25. The molecule has 0 heterocycles. The number of ether oxygens (including phenoxy) is 1. The number of carbonyl (C=O) groups is 1. The molecular weight excluding hydrogens is 250 g/mol. The van der Waals surface area contributed by atoms with Gasteiger partial charge in [-0.2, -0.15) is 0 Å². The minimum atomic E-state index is -0.261. The summed E-state index contributed by atoms with van der Waals surface area (Å²) in [4.78, 5) is 12.4. The van der Waals surface area contributed by atoms with E-state index < -0.39 is 0 Å². The molecule has 1 aromatic carbocycles. The Kier molecular flexibility index (Phi) is 4.17. The van der Waals surface area contributed by atoms with Gasteiger partial charge in [0.05, 0.1) is 17.9 Å². The third-order valence-electron chi connectivity index (χ3n) is 4.47. The van der Waals surface area contributed by atoms with Crippen molar-refractivity contribution in [3.05, 3.63) is 41.0 Å². The Morgan fingerprint density at radius 2 is 1.90 bits per heavy atom. The number of benzene rings is 1. The molecule has 0 spiro atoms. The summed E-state index contributed by atoms with van der Waals surface area (Å²) in [5.74, 6) is -0.261. The molecule has 0 atom stereocenters. The summed E-state index contributed by atoms with van der Waals surface area (Å²) in [6, 6.07) is 8.07. The van der Waals surface area contributed by atoms with Crippen LogP contribution in [0.1, 0.15) is 44.7 Å². The fraction of sp³-hybridized carbons (Fsp3) is 0.471. The summed E-state index contributed by atoms with van der Waals surface area (Å²) >= 11 is 0. The summed E-state index contributed by atoms with van der Waals surface area (Å²) in [6.07, 6.45) is 2.62. The van der Waals surface area contributed by atoms with Crippen LogP contribution in [-0.4, -0.2) is 12.6 Å². The Hall–Kier alpha value is -1.77. The highest BCUT2D eigenvalue weighted by molar-refractivity contribution is 5.99. The number of rotatable bonds is 4. The Labute approximate surface area is 120 Å². The second kappa shape index (κ2) is 5.70. The van der Waals surface area contributed by atoms with Gasteiger partial charge in [0.2, 0.25) is 0 Å². The maximum Gasteiger partial charge on any atom is 0.336 e. The van der Waals surface area contributed by atoms with Gasteiger partial charge in [0.15, 0.2) is 0 Å². The van der Waals surface area contributed by atoms with Gasteiger partial charge in [-0.05, 0) is 31.7 Å². The number of esters is 1. The zero-order chi connectivity index (χ0) is 14.8. The second-order valence-corrected chi connectivity index (χ2v) is 5.33. The van der Waals surface area contributed by atoms with E-state index in [1.807, 2.05) is 25.1 Å². The van der Waals surface area contributed by atoms with Crippen molar-refractivity contribution in [2.45, 2.75) is 40.0 Å². The maximum atomic E-state index is 12.4. The number of hydrogen-bond donors (Lipinski definition) is 1. The molecule has 0 radical (unpaired) electrons. The number of carbonyl (C=O) groups excluding carboxylic acids is 1. The quantitative estimate of drug-likeness (QED) is 0.856. The standard InChI is InChI=1S/C17H23NO2/c1-4-17(5-2)11-12-9-7-8-10-13(12)15(18)14(17)16(19)20-6-3/h7-10H,4-6,11,18H2,1-3H3. The van der Waals surface area contributed by atoms with Gasteiger partial charge >= 0.3 is 5.97 Å². The van der Waals surface area contributed by atoms with Crippen LogP contribution in [0.4, 0.5) is 0 Å². The van der Waals surface area contributed by atoms with Gasteiger partial charge in [-0.1, -0.05) is 38.1 Å². The van der Waals surface area contributed by atoms with Crippen molar-refractivity contribution in [3.8, 4) is 0 Å². The molecule has 0 bridgehead atoms. The smallest absolute Gasteiger partial charge is 0.336 e. The van der Waals surface area contributed by atoms with Gasteiger partial charge in [0.1, 0.15) is 0 Å². The van der Waals surface area contributed by atoms with Crippen LogP contribution in [-0.2, 0) is 16.0 Å². The van der Waals surface area contributed by atoms with E-state index in [1.54, 1.807) is 0 Å². The van der Waals surface area contributed by atoms with E-state index in [0.29, 0.717) is 17.9 Å². The molecule has 0 saturated heterocycles. The molecule has 1 aliphatic rings. The fourth-order valence-corrected chi connectivity index (χ4v) is 3.19. The van der Waals surface area contributed by atoms with Crippen LogP contribution in [0.15, 0.2) is 29.8 Å². The molecule has 20 heavy (non-hydrogen) atoms. The van der Waals surface area contributed by atoms with E-state index in [1.165, 1.54) is 5.56 Å². The highest BCUT2D eigenvalue weighted by Gasteiger charge is 2.41. The first kappa shape index (κ1) is 14.6. The lowest BCUT2D eigenvalue weighted by molar-refractivity contribution is -0.140. The van der Waals surface area contributed by atoms with Crippen molar-refractivity contribution in [2.75, 3.05) is 6.61 Å². The molecule has 1 aromatic rings. The van der Waals surface area contributed by atoms with Crippen molar-refractivity contribution in [2.24, 2.45) is 11.1 Å². The molecule has 0 unspecified atom stereocenters. The number of fused-ring (bicyclic) bond motifs is 1. The third-order valence-corrected chi connectivity index (χ3v) is 4.47. The van der Waals surface area contributed by atoms with Gasteiger partial charge < -0.3 is 10.5 Å². The maximum absolute atomic E-state index is 12.4. The van der Waals surface area contributed by atoms with Crippen molar-refractivity contribution >= 4 is 11.7 Å². The highest BCUT2D eigenvalue weighted by atomic mass is 16.5. The molecule has 0 amide bonds. The monoisotopic (exact) mass is 273 g/mol. The summed E-state index contributed by atoms with van der Waals surface area (Å²) in [6.45, 7) is 6.43. The van der Waals surface area contributed by atoms with Crippen LogP contribution in [0.3, 0.4) is 0 Å². The Balaban J connectivity index is 2.63. The topological polar surface area (TPSA) is 52.3 Å². The minimum absolute atomic E-state index is 0.204. The van der Waals surface area contributed by atoms with Crippen LogP contribution < -0.4 is 5.73 Å². The van der Waals surface area contributed by atoms with Gasteiger partial charge in [0, 0.05) is 11.0 Å². The largest absolute Gasteiger partial charge is 0.463 e. The first-order chi connectivity index (χ1) is 9.59. The minimum Gasteiger partial charge on any atom is -0.463 e. The van der Waals surface area contributed by atoms with Crippen LogP contribution >= 0.6 is 0 Å². The van der Waals surface area contributed by atoms with Crippen molar-refractivity contribution in [1.82, 2.24) is 0 Å². The van der Waals surface area contributed by atoms with Crippen molar-refractivity contribution < 1.29 is 9.53 Å². The van der Waals surface area contributed by atoms with Gasteiger partial charge in [0.25, 0.3) is 0 Å². The van der Waals surface area contributed by atoms with E-state index in [4.69, 9.17) is 10.5 Å². The number of hydrogen-bond acceptors (Lipinski definition) is 3. The van der Waals surface area contributed by atoms with Gasteiger partial charge in [-0.15, -0.1) is 0 Å². The second-order valence-electron chi connectivity index (χ2n) is 5.33. The molecule has 0 aromatic heterocycles. The zero-order valence-corrected chi connectivity index (χ0v) is 12.5. The Morgan fingerprint density at radius 1 is 1.25 bits per heavy atom. The summed E-state index contributed by atoms with van der Waals surface area (Å²) in [5, 5.41) is 0. The third kappa shape index (κ3) is 2.21. The van der Waals surface area contributed by atoms with E-state index in [2.05, 4.69) is 19.9 Å². The molecule has 0 fully saturated rings. The van der Waals surface area contributed by atoms with Crippen molar-refractivity contribution in [1.29, 1.82) is 0 Å². The first-order valence-electron chi connectivity index (χ1n) is 7.35. The lowest BCUT2D eigenvalue weighted by Crippen LogP contribution is -2.36. The fourth-order valence-electron chi connectivity index (χ4n) is 3.19. The van der Waals surface area contributed by atoms with Crippen LogP contribution in [0.25, 0.3) is 5.70 Å². The Morgan fingerprint density at radius 3 is 2.50 bits per heavy atom. The van der Waals surface area contributed by atoms with E-state index in [-0.39, 0.29) is 11.4 Å². The van der Waals surface area contributed by atoms with Crippen LogP contribution in [0.5, 0.6) is 0 Å².